The van der Waals surface area contributed by atoms with E-state index in [4.69, 9.17) is 16.7 Å². The molecular weight excluding hydrogens is 358 g/mol. The van der Waals surface area contributed by atoms with E-state index in [1.807, 2.05) is 0 Å². The summed E-state index contributed by atoms with van der Waals surface area (Å²) in [4.78, 5) is 23.3. The summed E-state index contributed by atoms with van der Waals surface area (Å²) in [6.07, 6.45) is 0. The lowest BCUT2D eigenvalue weighted by Gasteiger charge is -2.11. The summed E-state index contributed by atoms with van der Waals surface area (Å²) in [7, 11) is 0. The van der Waals surface area contributed by atoms with E-state index >= 15 is 0 Å². The topological polar surface area (TPSA) is 66.4 Å². The molecule has 0 atom stereocenters. The highest BCUT2D eigenvalue weighted by molar-refractivity contribution is 9.10. The number of carbonyl (C=O) groups excluding carboxylic acids is 1. The van der Waals surface area contributed by atoms with Gasteiger partial charge >= 0.3 is 5.97 Å². The maximum atomic E-state index is 12.3. The van der Waals surface area contributed by atoms with Gasteiger partial charge in [0, 0.05) is 10.2 Å². The van der Waals surface area contributed by atoms with Gasteiger partial charge in [-0.15, -0.1) is 0 Å². The molecule has 0 fully saturated rings. The van der Waals surface area contributed by atoms with Crippen LogP contribution >= 0.6 is 27.5 Å². The van der Waals surface area contributed by atoms with Crippen LogP contribution in [0.1, 0.15) is 26.3 Å². The molecule has 0 aliphatic rings. The van der Waals surface area contributed by atoms with Gasteiger partial charge in [0.25, 0.3) is 5.91 Å². The van der Waals surface area contributed by atoms with Crippen LogP contribution in [0, 0.1) is 6.92 Å². The normalized spacial score (nSPS) is 10.2. The SMILES string of the molecule is Cc1c(NC(=O)c2cccc(Br)c2Cl)cccc1C(=O)O. The Morgan fingerprint density at radius 2 is 1.76 bits per heavy atom. The number of carboxylic acid groups (broad SMARTS) is 1. The fourth-order valence-electron chi connectivity index (χ4n) is 1.87. The molecule has 0 aromatic heterocycles. The number of benzene rings is 2. The van der Waals surface area contributed by atoms with Crippen molar-refractivity contribution in [1.29, 1.82) is 0 Å². The maximum Gasteiger partial charge on any atom is 0.336 e. The molecule has 0 bridgehead atoms. The van der Waals surface area contributed by atoms with Crippen LogP contribution in [0.4, 0.5) is 5.69 Å². The van der Waals surface area contributed by atoms with E-state index in [0.717, 1.165) is 0 Å². The number of rotatable bonds is 3. The molecule has 2 aromatic carbocycles. The molecule has 0 aliphatic carbocycles. The van der Waals surface area contributed by atoms with Crippen LogP contribution < -0.4 is 5.32 Å². The van der Waals surface area contributed by atoms with Gasteiger partial charge in [0.15, 0.2) is 0 Å². The van der Waals surface area contributed by atoms with Crippen molar-refractivity contribution in [3.63, 3.8) is 0 Å². The van der Waals surface area contributed by atoms with Gasteiger partial charge in [0.05, 0.1) is 16.1 Å². The average molecular weight is 369 g/mol. The Morgan fingerprint density at radius 3 is 2.43 bits per heavy atom. The highest BCUT2D eigenvalue weighted by atomic mass is 79.9. The second-order valence-electron chi connectivity index (χ2n) is 4.34. The summed E-state index contributed by atoms with van der Waals surface area (Å²) in [5.41, 5.74) is 1.39. The second kappa shape index (κ2) is 6.28. The van der Waals surface area contributed by atoms with Gasteiger partial charge in [-0.05, 0) is 52.7 Å². The first kappa shape index (κ1) is 15.5. The minimum absolute atomic E-state index is 0.146. The highest BCUT2D eigenvalue weighted by Crippen LogP contribution is 2.27. The van der Waals surface area contributed by atoms with Crippen LogP contribution in [0.2, 0.25) is 5.02 Å². The fraction of sp³-hybridized carbons (Fsp3) is 0.0667. The van der Waals surface area contributed by atoms with Crippen molar-refractivity contribution in [3.8, 4) is 0 Å². The monoisotopic (exact) mass is 367 g/mol. The molecule has 2 N–H and O–H groups in total. The van der Waals surface area contributed by atoms with Crippen LogP contribution in [0.5, 0.6) is 0 Å². The van der Waals surface area contributed by atoms with Crippen LogP contribution in [-0.2, 0) is 0 Å². The Balaban J connectivity index is 2.34. The third-order valence-corrected chi connectivity index (χ3v) is 4.30. The van der Waals surface area contributed by atoms with E-state index in [1.165, 1.54) is 6.07 Å². The van der Waals surface area contributed by atoms with Crippen molar-refractivity contribution in [2.24, 2.45) is 0 Å². The summed E-state index contributed by atoms with van der Waals surface area (Å²) in [5, 5.41) is 12.1. The van der Waals surface area contributed by atoms with Crippen molar-refractivity contribution in [2.45, 2.75) is 6.92 Å². The molecule has 4 nitrogen and oxygen atoms in total. The Hall–Kier alpha value is -1.85. The van der Waals surface area contributed by atoms with Crippen molar-refractivity contribution in [2.75, 3.05) is 5.32 Å². The molecule has 108 valence electrons. The van der Waals surface area contributed by atoms with Crippen molar-refractivity contribution in [3.05, 3.63) is 62.6 Å². The van der Waals surface area contributed by atoms with Gasteiger partial charge in [0.1, 0.15) is 0 Å². The minimum atomic E-state index is -1.04. The molecule has 2 rings (SSSR count). The summed E-state index contributed by atoms with van der Waals surface area (Å²) in [5.74, 6) is -1.43. The summed E-state index contributed by atoms with van der Waals surface area (Å²) in [6.45, 7) is 1.64. The molecule has 0 spiro atoms. The number of hydrogen-bond donors (Lipinski definition) is 2. The van der Waals surface area contributed by atoms with Crippen molar-refractivity contribution >= 4 is 45.1 Å². The standard InChI is InChI=1S/C15H11BrClNO3/c1-8-9(15(20)21)4-3-7-12(8)18-14(19)10-5-2-6-11(16)13(10)17/h2-7H,1H3,(H,18,19)(H,20,21). The number of amides is 1. The van der Waals surface area contributed by atoms with E-state index in [9.17, 15) is 9.59 Å². The van der Waals surface area contributed by atoms with Crippen LogP contribution in [0.25, 0.3) is 0 Å². The average Bonchev–Trinajstić information content (AvgIpc) is 2.43. The zero-order valence-electron chi connectivity index (χ0n) is 11.0. The molecule has 0 saturated heterocycles. The highest BCUT2D eigenvalue weighted by Gasteiger charge is 2.15. The summed E-state index contributed by atoms with van der Waals surface area (Å²) < 4.78 is 0.618. The molecule has 6 heteroatoms. The minimum Gasteiger partial charge on any atom is -0.478 e. The third-order valence-electron chi connectivity index (χ3n) is 3.01. The number of hydrogen-bond acceptors (Lipinski definition) is 2. The molecule has 2 aromatic rings. The predicted molar refractivity (Wildman–Crippen MR) is 85.2 cm³/mol. The quantitative estimate of drug-likeness (QED) is 0.846. The van der Waals surface area contributed by atoms with Gasteiger partial charge < -0.3 is 10.4 Å². The molecule has 0 aliphatic heterocycles. The Morgan fingerprint density at radius 1 is 1.14 bits per heavy atom. The number of halogens is 2. The van der Waals surface area contributed by atoms with Gasteiger partial charge in [0.2, 0.25) is 0 Å². The number of aromatic carboxylic acids is 1. The van der Waals surface area contributed by atoms with Gasteiger partial charge in [-0.3, -0.25) is 4.79 Å². The molecular formula is C15H11BrClNO3. The van der Waals surface area contributed by atoms with E-state index in [1.54, 1.807) is 37.3 Å². The Bertz CT molecular complexity index is 731. The number of carboxylic acids is 1. The first-order chi connectivity index (χ1) is 9.91. The fourth-order valence-corrected chi connectivity index (χ4v) is 2.45. The lowest BCUT2D eigenvalue weighted by atomic mass is 10.1. The molecule has 0 unspecified atom stereocenters. The largest absolute Gasteiger partial charge is 0.478 e. The zero-order chi connectivity index (χ0) is 15.6. The number of nitrogens with one attached hydrogen (secondary N) is 1. The molecule has 21 heavy (non-hydrogen) atoms. The summed E-state index contributed by atoms with van der Waals surface area (Å²) in [6, 6.07) is 9.74. The van der Waals surface area contributed by atoms with Crippen LogP contribution in [0.3, 0.4) is 0 Å². The lowest BCUT2D eigenvalue weighted by molar-refractivity contribution is 0.0695. The van der Waals surface area contributed by atoms with Crippen molar-refractivity contribution in [1.82, 2.24) is 0 Å². The number of carbonyl (C=O) groups is 2. The van der Waals surface area contributed by atoms with Crippen molar-refractivity contribution < 1.29 is 14.7 Å². The van der Waals surface area contributed by atoms with E-state index in [0.29, 0.717) is 26.3 Å². The molecule has 0 saturated carbocycles. The van der Waals surface area contributed by atoms with Gasteiger partial charge in [-0.25, -0.2) is 4.79 Å². The van der Waals surface area contributed by atoms with Crippen LogP contribution in [-0.4, -0.2) is 17.0 Å². The smallest absolute Gasteiger partial charge is 0.336 e. The van der Waals surface area contributed by atoms with E-state index in [-0.39, 0.29) is 5.56 Å². The van der Waals surface area contributed by atoms with E-state index < -0.39 is 11.9 Å². The zero-order valence-corrected chi connectivity index (χ0v) is 13.3. The first-order valence-electron chi connectivity index (χ1n) is 6.00. The Kier molecular flexibility index (Phi) is 4.65. The Labute approximate surface area is 134 Å². The molecule has 1 amide bonds. The van der Waals surface area contributed by atoms with Crippen LogP contribution in [0.15, 0.2) is 40.9 Å². The molecule has 0 heterocycles. The third kappa shape index (κ3) is 3.25. The lowest BCUT2D eigenvalue weighted by Crippen LogP contribution is -2.14. The first-order valence-corrected chi connectivity index (χ1v) is 7.17. The van der Waals surface area contributed by atoms with E-state index in [2.05, 4.69) is 21.2 Å². The van der Waals surface area contributed by atoms with Gasteiger partial charge in [-0.1, -0.05) is 23.7 Å². The van der Waals surface area contributed by atoms with Gasteiger partial charge in [-0.2, -0.15) is 0 Å². The summed E-state index contributed by atoms with van der Waals surface area (Å²) >= 11 is 9.33. The maximum absolute atomic E-state index is 12.3. The number of anilines is 1. The molecule has 0 radical (unpaired) electrons. The second-order valence-corrected chi connectivity index (χ2v) is 5.57. The predicted octanol–water partition coefficient (Wildman–Crippen LogP) is 4.36.